The molecule has 0 aromatic heterocycles. The van der Waals surface area contributed by atoms with Gasteiger partial charge in [-0.3, -0.25) is 0 Å². The van der Waals surface area contributed by atoms with Gasteiger partial charge in [0.25, 0.3) is 0 Å². The smallest absolute Gasteiger partial charge is 0.0962 e. The van der Waals surface area contributed by atoms with Crippen molar-refractivity contribution in [2.75, 3.05) is 6.61 Å². The van der Waals surface area contributed by atoms with Crippen molar-refractivity contribution in [2.45, 2.75) is 20.3 Å². The van der Waals surface area contributed by atoms with Gasteiger partial charge in [-0.2, -0.15) is 0 Å². The van der Waals surface area contributed by atoms with Crippen LogP contribution in [0.2, 0.25) is 0 Å². The van der Waals surface area contributed by atoms with Crippen LogP contribution in [0.5, 0.6) is 0 Å². The molecule has 1 heteroatoms. The van der Waals surface area contributed by atoms with E-state index in [1.165, 1.54) is 5.57 Å². The van der Waals surface area contributed by atoms with E-state index in [0.29, 0.717) is 0 Å². The van der Waals surface area contributed by atoms with Crippen molar-refractivity contribution >= 4 is 0 Å². The Balaban J connectivity index is 2.66. The van der Waals surface area contributed by atoms with Crippen molar-refractivity contribution in [1.29, 1.82) is 0 Å². The van der Waals surface area contributed by atoms with Crippen molar-refractivity contribution in [3.63, 3.8) is 0 Å². The van der Waals surface area contributed by atoms with Crippen LogP contribution in [-0.4, -0.2) is 6.61 Å². The van der Waals surface area contributed by atoms with Gasteiger partial charge in [0.1, 0.15) is 0 Å². The van der Waals surface area contributed by atoms with E-state index in [1.54, 1.807) is 0 Å². The number of hydrogen-bond donors (Lipinski definition) is 0. The number of allylic oxidation sites excluding steroid dienone is 3. The molecule has 0 aromatic carbocycles. The molecular formula is C8H12O. The number of rotatable bonds is 1. The highest BCUT2D eigenvalue weighted by atomic mass is 16.5. The molecule has 0 aliphatic carbocycles. The van der Waals surface area contributed by atoms with Gasteiger partial charge >= 0.3 is 0 Å². The van der Waals surface area contributed by atoms with E-state index in [0.717, 1.165) is 18.8 Å². The second-order valence-electron chi connectivity index (χ2n) is 2.18. The van der Waals surface area contributed by atoms with E-state index in [2.05, 4.69) is 6.08 Å². The van der Waals surface area contributed by atoms with E-state index in [-0.39, 0.29) is 0 Å². The van der Waals surface area contributed by atoms with E-state index in [4.69, 9.17) is 4.74 Å². The first-order valence-electron chi connectivity index (χ1n) is 3.30. The van der Waals surface area contributed by atoms with E-state index < -0.39 is 0 Å². The summed E-state index contributed by atoms with van der Waals surface area (Å²) in [5, 5.41) is 0. The lowest BCUT2D eigenvalue weighted by atomic mass is 10.2. The first-order valence-corrected chi connectivity index (χ1v) is 3.30. The summed E-state index contributed by atoms with van der Waals surface area (Å²) >= 11 is 0. The van der Waals surface area contributed by atoms with Crippen molar-refractivity contribution < 1.29 is 4.74 Å². The molecule has 0 fully saturated rings. The number of hydrogen-bond acceptors (Lipinski definition) is 1. The highest BCUT2D eigenvalue weighted by Crippen LogP contribution is 2.18. The molecule has 0 saturated heterocycles. The maximum atomic E-state index is 5.25. The molecule has 0 atom stereocenters. The molecule has 1 nitrogen and oxygen atoms in total. The quantitative estimate of drug-likeness (QED) is 0.521. The van der Waals surface area contributed by atoms with E-state index >= 15 is 0 Å². The van der Waals surface area contributed by atoms with Gasteiger partial charge in [0.2, 0.25) is 0 Å². The van der Waals surface area contributed by atoms with Crippen LogP contribution in [0.15, 0.2) is 23.5 Å². The van der Waals surface area contributed by atoms with Crippen molar-refractivity contribution in [3.8, 4) is 0 Å². The van der Waals surface area contributed by atoms with E-state index in [9.17, 15) is 0 Å². The van der Waals surface area contributed by atoms with Gasteiger partial charge in [0.05, 0.1) is 12.4 Å². The van der Waals surface area contributed by atoms with Crippen LogP contribution in [-0.2, 0) is 4.74 Å². The molecule has 0 amide bonds. The first-order chi connectivity index (χ1) is 4.34. The van der Waals surface area contributed by atoms with Crippen molar-refractivity contribution in [1.82, 2.24) is 0 Å². The fourth-order valence-electron chi connectivity index (χ4n) is 0.985. The summed E-state index contributed by atoms with van der Waals surface area (Å²) in [6, 6.07) is 0. The normalized spacial score (nSPS) is 19.3. The minimum Gasteiger partial charge on any atom is -0.498 e. The second-order valence-corrected chi connectivity index (χ2v) is 2.18. The Morgan fingerprint density at radius 1 is 1.56 bits per heavy atom. The molecule has 0 N–H and O–H groups in total. The molecular weight excluding hydrogens is 112 g/mol. The summed E-state index contributed by atoms with van der Waals surface area (Å²) in [4.78, 5) is 0. The summed E-state index contributed by atoms with van der Waals surface area (Å²) in [5.41, 5.74) is 1.34. The average Bonchev–Trinajstić information content (AvgIpc) is 2.18. The molecule has 0 aromatic rings. The predicted octanol–water partition coefficient (Wildman–Crippen LogP) is 2.26. The minimum absolute atomic E-state index is 0.867. The Hall–Kier alpha value is -0.720. The van der Waals surface area contributed by atoms with Crippen LogP contribution in [0, 0.1) is 0 Å². The van der Waals surface area contributed by atoms with Gasteiger partial charge in [-0.25, -0.2) is 0 Å². The molecule has 50 valence electrons. The van der Waals surface area contributed by atoms with Gasteiger partial charge in [-0.1, -0.05) is 12.2 Å². The fourth-order valence-corrected chi connectivity index (χ4v) is 0.985. The summed E-state index contributed by atoms with van der Waals surface area (Å²) in [7, 11) is 0. The highest BCUT2D eigenvalue weighted by molar-refractivity contribution is 5.23. The first kappa shape index (κ1) is 6.40. The lowest BCUT2D eigenvalue weighted by molar-refractivity contribution is 0.246. The Bertz CT molecular complexity index is 154. The lowest BCUT2D eigenvalue weighted by Gasteiger charge is -1.92. The molecule has 1 rings (SSSR count). The zero-order valence-electron chi connectivity index (χ0n) is 5.98. The minimum atomic E-state index is 0.867. The summed E-state index contributed by atoms with van der Waals surface area (Å²) in [5.74, 6) is 1.09. The highest BCUT2D eigenvalue weighted by Gasteiger charge is 2.07. The molecule has 0 spiro atoms. The molecule has 0 saturated carbocycles. The van der Waals surface area contributed by atoms with Crippen LogP contribution in [0.3, 0.4) is 0 Å². The van der Waals surface area contributed by atoms with Crippen LogP contribution >= 0.6 is 0 Å². The van der Waals surface area contributed by atoms with Crippen LogP contribution in [0.4, 0.5) is 0 Å². The van der Waals surface area contributed by atoms with E-state index in [1.807, 2.05) is 19.9 Å². The van der Waals surface area contributed by atoms with Crippen LogP contribution in [0.25, 0.3) is 0 Å². The molecule has 1 aliphatic heterocycles. The van der Waals surface area contributed by atoms with Gasteiger partial charge < -0.3 is 4.74 Å². The number of ether oxygens (including phenoxy) is 1. The molecule has 1 heterocycles. The van der Waals surface area contributed by atoms with Gasteiger partial charge in [-0.15, -0.1) is 0 Å². The molecule has 0 unspecified atom stereocenters. The maximum Gasteiger partial charge on any atom is 0.0962 e. The Morgan fingerprint density at radius 3 is 2.78 bits per heavy atom. The predicted molar refractivity (Wildman–Crippen MR) is 38.1 cm³/mol. The Kier molecular flexibility index (Phi) is 1.93. The third kappa shape index (κ3) is 1.35. The molecule has 1 aliphatic rings. The van der Waals surface area contributed by atoms with Gasteiger partial charge in [-0.05, 0) is 19.4 Å². The summed E-state index contributed by atoms with van der Waals surface area (Å²) in [6.45, 7) is 4.91. The lowest BCUT2D eigenvalue weighted by Crippen LogP contribution is -1.76. The van der Waals surface area contributed by atoms with Crippen LogP contribution in [0.1, 0.15) is 20.3 Å². The van der Waals surface area contributed by atoms with Crippen molar-refractivity contribution in [2.24, 2.45) is 0 Å². The van der Waals surface area contributed by atoms with Gasteiger partial charge in [0.15, 0.2) is 0 Å². The SMILES string of the molecule is C/C=C\C1=C(C)OCC1. The van der Waals surface area contributed by atoms with Crippen molar-refractivity contribution in [3.05, 3.63) is 23.5 Å². The third-order valence-corrected chi connectivity index (χ3v) is 1.51. The standard InChI is InChI=1S/C8H12O/c1-3-4-8-5-6-9-7(8)2/h3-4H,5-6H2,1-2H3/b4-3-. The average molecular weight is 124 g/mol. The Morgan fingerprint density at radius 2 is 2.33 bits per heavy atom. The van der Waals surface area contributed by atoms with Gasteiger partial charge in [0, 0.05) is 6.42 Å². The monoisotopic (exact) mass is 124 g/mol. The summed E-state index contributed by atoms with van der Waals surface area (Å²) in [6.07, 6.45) is 5.24. The fraction of sp³-hybridized carbons (Fsp3) is 0.500. The maximum absolute atomic E-state index is 5.25. The largest absolute Gasteiger partial charge is 0.498 e. The molecule has 0 bridgehead atoms. The molecule has 9 heavy (non-hydrogen) atoms. The van der Waals surface area contributed by atoms with Crippen LogP contribution < -0.4 is 0 Å². The zero-order chi connectivity index (χ0) is 6.69. The zero-order valence-corrected chi connectivity index (χ0v) is 5.98. The Labute approximate surface area is 56.0 Å². The summed E-state index contributed by atoms with van der Waals surface area (Å²) < 4.78 is 5.25. The second kappa shape index (κ2) is 2.72. The third-order valence-electron chi connectivity index (χ3n) is 1.51. The molecule has 0 radical (unpaired) electrons. The topological polar surface area (TPSA) is 9.23 Å².